The van der Waals surface area contributed by atoms with E-state index in [1.54, 1.807) is 5.38 Å². The zero-order chi connectivity index (χ0) is 15.5. The van der Waals surface area contributed by atoms with Gasteiger partial charge in [-0.2, -0.15) is 8.78 Å². The standard InChI is InChI=1S/C14H18F2N2O3S/c15-14(16)21-11-3-5-22-12(11)13(19)17-6-10-7-18-4-1-2-9(18)8-20-10/h3,5,9-10,14H,1-2,4,6-8H2,(H,17,19). The number of alkyl halides is 2. The lowest BCUT2D eigenvalue weighted by Gasteiger charge is -2.35. The van der Waals surface area contributed by atoms with Gasteiger partial charge in [0.1, 0.15) is 10.6 Å². The van der Waals surface area contributed by atoms with Crippen molar-refractivity contribution < 1.29 is 23.0 Å². The van der Waals surface area contributed by atoms with Crippen LogP contribution in [0, 0.1) is 0 Å². The molecule has 0 saturated carbocycles. The van der Waals surface area contributed by atoms with Crippen molar-refractivity contribution in [3.8, 4) is 5.75 Å². The van der Waals surface area contributed by atoms with Gasteiger partial charge in [0.25, 0.3) is 5.91 Å². The van der Waals surface area contributed by atoms with Gasteiger partial charge in [0.2, 0.25) is 0 Å². The number of nitrogens with one attached hydrogen (secondary N) is 1. The van der Waals surface area contributed by atoms with Crippen LogP contribution in [-0.4, -0.2) is 55.8 Å². The van der Waals surface area contributed by atoms with Crippen LogP contribution in [0.3, 0.4) is 0 Å². The average Bonchev–Trinajstić information content (AvgIpc) is 3.12. The summed E-state index contributed by atoms with van der Waals surface area (Å²) >= 11 is 1.08. The maximum absolute atomic E-state index is 12.3. The predicted octanol–water partition coefficient (Wildman–Crippen LogP) is 1.94. The van der Waals surface area contributed by atoms with Crippen LogP contribution in [0.25, 0.3) is 0 Å². The van der Waals surface area contributed by atoms with Crippen molar-refractivity contribution in [3.05, 3.63) is 16.3 Å². The van der Waals surface area contributed by atoms with E-state index < -0.39 is 12.5 Å². The quantitative estimate of drug-likeness (QED) is 0.895. The van der Waals surface area contributed by atoms with Crippen molar-refractivity contribution in [2.24, 2.45) is 0 Å². The number of rotatable bonds is 5. The Morgan fingerprint density at radius 3 is 3.27 bits per heavy atom. The fourth-order valence-corrected chi connectivity index (χ4v) is 3.69. The van der Waals surface area contributed by atoms with E-state index in [1.165, 1.54) is 18.9 Å². The van der Waals surface area contributed by atoms with E-state index in [0.717, 1.165) is 24.4 Å². The summed E-state index contributed by atoms with van der Waals surface area (Å²) in [6.45, 7) is 0.00811. The lowest BCUT2D eigenvalue weighted by Crippen LogP contribution is -2.50. The summed E-state index contributed by atoms with van der Waals surface area (Å²) in [5.41, 5.74) is 0. The molecule has 0 aromatic carbocycles. The molecule has 0 spiro atoms. The first-order chi connectivity index (χ1) is 10.6. The molecular formula is C14H18F2N2O3S. The van der Waals surface area contributed by atoms with Gasteiger partial charge in [-0.3, -0.25) is 9.69 Å². The molecule has 1 aromatic heterocycles. The van der Waals surface area contributed by atoms with Gasteiger partial charge in [0.05, 0.1) is 12.7 Å². The minimum absolute atomic E-state index is 0.0577. The topological polar surface area (TPSA) is 50.8 Å². The molecule has 2 aliphatic heterocycles. The first-order valence-corrected chi connectivity index (χ1v) is 8.17. The third-order valence-corrected chi connectivity index (χ3v) is 4.90. The zero-order valence-electron chi connectivity index (χ0n) is 12.0. The number of ether oxygens (including phenoxy) is 2. The molecule has 0 aliphatic carbocycles. The zero-order valence-corrected chi connectivity index (χ0v) is 12.8. The molecule has 3 heterocycles. The molecule has 2 aliphatic rings. The normalized spacial score (nSPS) is 25.2. The lowest BCUT2D eigenvalue weighted by atomic mass is 10.2. The summed E-state index contributed by atoms with van der Waals surface area (Å²) in [5.74, 6) is -0.487. The molecule has 1 amide bonds. The van der Waals surface area contributed by atoms with Crippen LogP contribution in [0.2, 0.25) is 0 Å². The van der Waals surface area contributed by atoms with E-state index in [4.69, 9.17) is 4.74 Å². The molecule has 2 atom stereocenters. The number of amides is 1. The first-order valence-electron chi connectivity index (χ1n) is 7.29. The Kier molecular flexibility index (Phi) is 4.90. The molecule has 2 saturated heterocycles. The van der Waals surface area contributed by atoms with Crippen molar-refractivity contribution >= 4 is 17.2 Å². The summed E-state index contributed by atoms with van der Waals surface area (Å²) in [5, 5.41) is 4.30. The predicted molar refractivity (Wildman–Crippen MR) is 77.6 cm³/mol. The van der Waals surface area contributed by atoms with Gasteiger partial charge < -0.3 is 14.8 Å². The fraction of sp³-hybridized carbons (Fsp3) is 0.643. The molecule has 2 unspecified atom stereocenters. The highest BCUT2D eigenvalue weighted by Crippen LogP contribution is 2.26. The number of nitrogens with zero attached hydrogens (tertiary/aromatic N) is 1. The summed E-state index contributed by atoms with van der Waals surface area (Å²) in [4.78, 5) is 14.6. The van der Waals surface area contributed by atoms with Crippen LogP contribution in [0.15, 0.2) is 11.4 Å². The lowest BCUT2D eigenvalue weighted by molar-refractivity contribution is -0.0502. The third-order valence-electron chi connectivity index (χ3n) is 4.00. The number of hydrogen-bond acceptors (Lipinski definition) is 5. The third kappa shape index (κ3) is 3.56. The van der Waals surface area contributed by atoms with E-state index in [0.29, 0.717) is 19.2 Å². The second kappa shape index (κ2) is 6.89. The van der Waals surface area contributed by atoms with Crippen LogP contribution in [0.1, 0.15) is 22.5 Å². The Morgan fingerprint density at radius 2 is 2.45 bits per heavy atom. The fourth-order valence-electron chi connectivity index (χ4n) is 2.95. The molecule has 0 radical (unpaired) electrons. The van der Waals surface area contributed by atoms with Gasteiger partial charge in [0, 0.05) is 19.1 Å². The highest BCUT2D eigenvalue weighted by atomic mass is 32.1. The largest absolute Gasteiger partial charge is 0.433 e. The number of halogens is 2. The number of thiophene rings is 1. The number of carbonyl (C=O) groups is 1. The van der Waals surface area contributed by atoms with Crippen molar-refractivity contribution in [2.45, 2.75) is 31.6 Å². The van der Waals surface area contributed by atoms with Crippen molar-refractivity contribution in [1.82, 2.24) is 10.2 Å². The number of carbonyl (C=O) groups excluding carboxylic acids is 1. The highest BCUT2D eigenvalue weighted by Gasteiger charge is 2.32. The Bertz CT molecular complexity index is 526. The van der Waals surface area contributed by atoms with Gasteiger partial charge in [0.15, 0.2) is 0 Å². The monoisotopic (exact) mass is 332 g/mol. The van der Waals surface area contributed by atoms with E-state index in [9.17, 15) is 13.6 Å². The molecule has 5 nitrogen and oxygen atoms in total. The molecule has 1 aromatic rings. The second-order valence-corrected chi connectivity index (χ2v) is 6.36. The number of morpholine rings is 1. The van der Waals surface area contributed by atoms with Crippen LogP contribution < -0.4 is 10.1 Å². The van der Waals surface area contributed by atoms with Gasteiger partial charge in [-0.25, -0.2) is 0 Å². The van der Waals surface area contributed by atoms with E-state index >= 15 is 0 Å². The first kappa shape index (κ1) is 15.6. The van der Waals surface area contributed by atoms with Crippen molar-refractivity contribution in [2.75, 3.05) is 26.2 Å². The van der Waals surface area contributed by atoms with Crippen molar-refractivity contribution in [1.29, 1.82) is 0 Å². The number of fused-ring (bicyclic) bond motifs is 1. The van der Waals surface area contributed by atoms with E-state index in [-0.39, 0.29) is 16.7 Å². The molecule has 2 fully saturated rings. The summed E-state index contributed by atoms with van der Waals surface area (Å²) in [6, 6.07) is 1.88. The molecule has 22 heavy (non-hydrogen) atoms. The molecule has 122 valence electrons. The van der Waals surface area contributed by atoms with Crippen LogP contribution in [-0.2, 0) is 4.74 Å². The highest BCUT2D eigenvalue weighted by molar-refractivity contribution is 7.12. The van der Waals surface area contributed by atoms with E-state index in [2.05, 4.69) is 15.0 Å². The van der Waals surface area contributed by atoms with E-state index in [1.807, 2.05) is 0 Å². The molecule has 0 bridgehead atoms. The minimum Gasteiger partial charge on any atom is -0.433 e. The van der Waals surface area contributed by atoms with Crippen molar-refractivity contribution in [3.63, 3.8) is 0 Å². The minimum atomic E-state index is -2.94. The smallest absolute Gasteiger partial charge is 0.387 e. The van der Waals surface area contributed by atoms with Crippen LogP contribution in [0.5, 0.6) is 5.75 Å². The second-order valence-electron chi connectivity index (χ2n) is 5.45. The van der Waals surface area contributed by atoms with Gasteiger partial charge >= 0.3 is 6.61 Å². The number of hydrogen-bond donors (Lipinski definition) is 1. The maximum Gasteiger partial charge on any atom is 0.387 e. The molecule has 3 rings (SSSR count). The van der Waals surface area contributed by atoms with Gasteiger partial charge in [-0.1, -0.05) is 0 Å². The molecular weight excluding hydrogens is 314 g/mol. The molecule has 8 heteroatoms. The Hall–Kier alpha value is -1.25. The van der Waals surface area contributed by atoms with Gasteiger partial charge in [-0.15, -0.1) is 11.3 Å². The maximum atomic E-state index is 12.3. The Morgan fingerprint density at radius 1 is 1.59 bits per heavy atom. The Balaban J connectivity index is 1.51. The Labute approximate surface area is 131 Å². The SMILES string of the molecule is O=C(NCC1CN2CCCC2CO1)c1sccc1OC(F)F. The van der Waals surface area contributed by atoms with Crippen LogP contribution in [0.4, 0.5) is 8.78 Å². The summed E-state index contributed by atoms with van der Waals surface area (Å²) in [7, 11) is 0. The average molecular weight is 332 g/mol. The molecule has 1 N–H and O–H groups in total. The van der Waals surface area contributed by atoms with Gasteiger partial charge in [-0.05, 0) is 30.8 Å². The van der Waals surface area contributed by atoms with Crippen LogP contribution >= 0.6 is 11.3 Å². The summed E-state index contributed by atoms with van der Waals surface area (Å²) < 4.78 is 34.6. The summed E-state index contributed by atoms with van der Waals surface area (Å²) in [6.07, 6.45) is 2.30.